The Labute approximate surface area is 237 Å². The number of methoxy groups -OCH3 is 1. The maximum atomic E-state index is 9.78. The van der Waals surface area contributed by atoms with Crippen molar-refractivity contribution in [3.8, 4) is 45.3 Å². The molecule has 39 heavy (non-hydrogen) atoms. The van der Waals surface area contributed by atoms with E-state index in [4.69, 9.17) is 13.5 Å². The Morgan fingerprint density at radius 3 is 1.82 bits per heavy atom. The molecule has 9 heteroatoms. The van der Waals surface area contributed by atoms with Crippen LogP contribution in [0.25, 0.3) is 27.6 Å². The minimum absolute atomic E-state index is 0.0698. The molecule has 4 aromatic rings. The van der Waals surface area contributed by atoms with Crippen LogP contribution in [0.1, 0.15) is 5.56 Å². The molecule has 0 aromatic heterocycles. The summed E-state index contributed by atoms with van der Waals surface area (Å²) in [5.41, 5.74) is 4.41. The number of ether oxygens (including phenoxy) is 1. The topological polar surface area (TPSA) is 134 Å². The van der Waals surface area contributed by atoms with E-state index in [9.17, 15) is 15.3 Å². The molecule has 8 nitrogen and oxygen atoms in total. The van der Waals surface area contributed by atoms with Gasteiger partial charge in [0, 0.05) is 24.9 Å². The monoisotopic (exact) mass is 566 g/mol. The summed E-state index contributed by atoms with van der Waals surface area (Å²) in [6.45, 7) is 1.62. The van der Waals surface area contributed by atoms with E-state index in [-0.39, 0.29) is 23.9 Å². The average Bonchev–Trinajstić information content (AvgIpc) is 2.99. The summed E-state index contributed by atoms with van der Waals surface area (Å²) < 4.78 is 13.2. The van der Waals surface area contributed by atoms with E-state index in [0.717, 1.165) is 39.6 Å². The van der Waals surface area contributed by atoms with Crippen molar-refractivity contribution in [2.45, 2.75) is 0 Å². The molecular weight excluding hydrogens is 535 g/mol. The van der Waals surface area contributed by atoms with Crippen LogP contribution >= 0.6 is 0 Å². The molecule has 0 aliphatic rings. The summed E-state index contributed by atoms with van der Waals surface area (Å²) in [6, 6.07) is 28.1. The third-order valence-corrected chi connectivity index (χ3v) is 5.41. The van der Waals surface area contributed by atoms with Crippen LogP contribution in [0.4, 0.5) is 0 Å². The third kappa shape index (κ3) is 9.70. The Kier molecular flexibility index (Phi) is 14.1. The van der Waals surface area contributed by atoms with E-state index in [1.807, 2.05) is 60.7 Å². The number of hydrogen-bond donors (Lipinski definition) is 4. The predicted molar refractivity (Wildman–Crippen MR) is 149 cm³/mol. The number of aliphatic hydroxyl groups excluding tert-OH is 1. The molecule has 0 amide bonds. The first-order valence-electron chi connectivity index (χ1n) is 12.0. The average molecular weight is 567 g/mol. The van der Waals surface area contributed by atoms with Gasteiger partial charge in [0.2, 0.25) is 0 Å². The zero-order valence-electron chi connectivity index (χ0n) is 21.5. The number of phenols is 3. The first kappa shape index (κ1) is 31.3. The number of hydrogen-bond acceptors (Lipinski definition) is 7. The zero-order chi connectivity index (χ0) is 28.5. The van der Waals surface area contributed by atoms with E-state index in [1.54, 1.807) is 36.5 Å². The summed E-state index contributed by atoms with van der Waals surface area (Å²) in [6.07, 6.45) is 1.59. The van der Waals surface area contributed by atoms with Crippen LogP contribution in [0, 0.1) is 0 Å². The number of phenolic OH excluding ortho intramolecular Hbond substituents is 3. The molecule has 203 valence electrons. The number of nitrogens with zero attached hydrogens (tertiary/aromatic N) is 2. The maximum absolute atomic E-state index is 9.78. The van der Waals surface area contributed by atoms with Gasteiger partial charge < -0.3 is 30.5 Å². The number of rotatable bonds is 9. The molecular formula is C30H31N2O6V-. The van der Waals surface area contributed by atoms with Gasteiger partial charge in [0.1, 0.15) is 0 Å². The first-order chi connectivity index (χ1) is 19.0. The van der Waals surface area contributed by atoms with Crippen LogP contribution < -0.4 is 4.74 Å². The van der Waals surface area contributed by atoms with E-state index in [2.05, 4.69) is 10.3 Å². The standard InChI is InChI=1S/C18H14O2.C12H17N2O3.O.V/c19-17-11-15(13-7-3-1-4-8-13)16(12-18(17)20)14-9-5-2-6-10-14;1-17-11-4-2-3-10(12(11)16)9-14-6-5-13-7-8-15;;/h1-12,19-20H;2-4,9,15-16H,5-8H2,1H3;;/q;-1;;. The van der Waals surface area contributed by atoms with Crippen molar-refractivity contribution in [3.05, 3.63) is 102 Å². The zero-order valence-corrected chi connectivity index (χ0v) is 22.9. The molecule has 0 heterocycles. The van der Waals surface area contributed by atoms with Crippen LogP contribution in [0.2, 0.25) is 0 Å². The number of aliphatic imine (C=N–C) groups is 1. The van der Waals surface area contributed by atoms with Crippen molar-refractivity contribution in [1.29, 1.82) is 0 Å². The molecule has 0 saturated heterocycles. The molecule has 4 N–H and O–H groups in total. The molecule has 0 spiro atoms. The SMILES string of the molecule is COc1cccc(C=NCC[N-]CCO)c1O.Oc1cc(-c2ccccc2)c(-c2ccccc2)cc1O.[O]=[V]. The Morgan fingerprint density at radius 1 is 0.795 bits per heavy atom. The summed E-state index contributed by atoms with van der Waals surface area (Å²) in [5.74, 6) is 0.303. The fraction of sp³-hybridized carbons (Fsp3) is 0.167. The molecule has 0 fully saturated rings. The van der Waals surface area contributed by atoms with Crippen LogP contribution in [-0.4, -0.2) is 60.0 Å². The van der Waals surface area contributed by atoms with Crippen molar-refractivity contribution >= 4 is 6.21 Å². The number of para-hydroxylation sites is 1. The van der Waals surface area contributed by atoms with Gasteiger partial charge in [0.05, 0.1) is 7.11 Å². The van der Waals surface area contributed by atoms with Crippen molar-refractivity contribution in [1.82, 2.24) is 0 Å². The van der Waals surface area contributed by atoms with Gasteiger partial charge in [-0.15, -0.1) is 13.1 Å². The Morgan fingerprint density at radius 2 is 1.33 bits per heavy atom. The van der Waals surface area contributed by atoms with Gasteiger partial charge in [-0.05, 0) is 46.5 Å². The van der Waals surface area contributed by atoms with Crippen LogP contribution in [0.3, 0.4) is 0 Å². The molecule has 0 aliphatic heterocycles. The molecule has 0 saturated carbocycles. The molecule has 0 aliphatic carbocycles. The Balaban J connectivity index is 0.000000261. The van der Waals surface area contributed by atoms with Crippen molar-refractivity contribution in [3.63, 3.8) is 0 Å². The molecule has 0 unspecified atom stereocenters. The number of aliphatic hydroxyl groups is 1. The van der Waals surface area contributed by atoms with Gasteiger partial charge in [-0.25, -0.2) is 0 Å². The van der Waals surface area contributed by atoms with Gasteiger partial charge in [0.25, 0.3) is 0 Å². The minimum atomic E-state index is -0.108. The van der Waals surface area contributed by atoms with E-state index < -0.39 is 0 Å². The second-order valence-corrected chi connectivity index (χ2v) is 7.95. The predicted octanol–water partition coefficient (Wildman–Crippen LogP) is 5.50. The van der Waals surface area contributed by atoms with Gasteiger partial charge in [-0.3, -0.25) is 4.99 Å². The van der Waals surface area contributed by atoms with Crippen molar-refractivity contribution in [2.75, 3.05) is 33.4 Å². The van der Waals surface area contributed by atoms with E-state index in [1.165, 1.54) is 7.11 Å². The third-order valence-electron chi connectivity index (χ3n) is 5.41. The Bertz CT molecular complexity index is 1240. The fourth-order valence-electron chi connectivity index (χ4n) is 3.57. The van der Waals surface area contributed by atoms with E-state index >= 15 is 0 Å². The Hall–Kier alpha value is -3.95. The summed E-state index contributed by atoms with van der Waals surface area (Å²) >= 11 is 1.06. The molecule has 0 bridgehead atoms. The molecule has 4 aromatic carbocycles. The summed E-state index contributed by atoms with van der Waals surface area (Å²) in [7, 11) is 1.50. The normalized spacial score (nSPS) is 10.2. The molecule has 0 radical (unpaired) electrons. The van der Waals surface area contributed by atoms with E-state index in [0.29, 0.717) is 30.9 Å². The van der Waals surface area contributed by atoms with Crippen LogP contribution in [0.15, 0.2) is 96.0 Å². The fourth-order valence-corrected chi connectivity index (χ4v) is 3.57. The van der Waals surface area contributed by atoms with Gasteiger partial charge in [-0.1, -0.05) is 66.7 Å². The second kappa shape index (κ2) is 17.5. The number of benzene rings is 4. The van der Waals surface area contributed by atoms with Gasteiger partial charge in [0.15, 0.2) is 23.0 Å². The quantitative estimate of drug-likeness (QED) is 0.120. The van der Waals surface area contributed by atoms with Crippen LogP contribution in [0.5, 0.6) is 23.0 Å². The summed E-state index contributed by atoms with van der Waals surface area (Å²) in [4.78, 5) is 4.13. The number of aromatic hydroxyl groups is 3. The van der Waals surface area contributed by atoms with Crippen molar-refractivity contribution < 1.29 is 46.2 Å². The van der Waals surface area contributed by atoms with Crippen LogP contribution in [-0.2, 0) is 21.0 Å². The molecule has 0 atom stereocenters. The van der Waals surface area contributed by atoms with Crippen molar-refractivity contribution in [2.24, 2.45) is 4.99 Å². The van der Waals surface area contributed by atoms with Gasteiger partial charge in [-0.2, -0.15) is 0 Å². The van der Waals surface area contributed by atoms with Gasteiger partial charge >= 0.3 is 21.0 Å². The first-order valence-corrected chi connectivity index (χ1v) is 12.6. The summed E-state index contributed by atoms with van der Waals surface area (Å²) in [5, 5.41) is 41.9. The molecule has 4 rings (SSSR count). The second-order valence-electron chi connectivity index (χ2n) is 7.95.